The van der Waals surface area contributed by atoms with Crippen molar-refractivity contribution in [3.05, 3.63) is 77.3 Å². The van der Waals surface area contributed by atoms with Gasteiger partial charge < -0.3 is 15.4 Å². The van der Waals surface area contributed by atoms with E-state index in [0.29, 0.717) is 0 Å². The van der Waals surface area contributed by atoms with Crippen LogP contribution in [-0.2, 0) is 0 Å². The number of para-hydroxylation sites is 2. The number of allylic oxidation sites excluding steroid dienone is 1. The van der Waals surface area contributed by atoms with Crippen LogP contribution < -0.4 is 15.4 Å². The lowest BCUT2D eigenvalue weighted by molar-refractivity contribution is 0.317. The Balaban J connectivity index is 1.59. The molecule has 1 saturated heterocycles. The van der Waals surface area contributed by atoms with E-state index in [0.717, 1.165) is 66.0 Å². The normalized spacial score (nSPS) is 16.1. The molecule has 0 spiro atoms. The number of methoxy groups -OCH3 is 1. The van der Waals surface area contributed by atoms with Crippen molar-refractivity contribution >= 4 is 22.4 Å². The summed E-state index contributed by atoms with van der Waals surface area (Å²) in [5.74, 6) is 0.937. The van der Waals surface area contributed by atoms with Gasteiger partial charge in [-0.15, -0.1) is 0 Å². The van der Waals surface area contributed by atoms with Crippen molar-refractivity contribution in [1.82, 2.24) is 4.90 Å². The summed E-state index contributed by atoms with van der Waals surface area (Å²) in [5, 5.41) is 0. The number of hydrogen-bond donors (Lipinski definition) is 1. The van der Waals surface area contributed by atoms with Gasteiger partial charge in [0.15, 0.2) is 0 Å². The van der Waals surface area contributed by atoms with E-state index in [1.54, 1.807) is 18.9 Å². The van der Waals surface area contributed by atoms with Crippen LogP contribution in [0.2, 0.25) is 0 Å². The van der Waals surface area contributed by atoms with Crippen LogP contribution in [0.5, 0.6) is 5.75 Å². The predicted molar refractivity (Wildman–Crippen MR) is 126 cm³/mol. The molecular weight excluding hydrogens is 378 g/mol. The van der Waals surface area contributed by atoms with Gasteiger partial charge in [-0.3, -0.25) is 4.90 Å². The Morgan fingerprint density at radius 3 is 2.52 bits per heavy atom. The van der Waals surface area contributed by atoms with Crippen LogP contribution in [-0.4, -0.2) is 44.7 Å². The minimum absolute atomic E-state index is 0.792. The van der Waals surface area contributed by atoms with Crippen LogP contribution >= 0.6 is 11.8 Å². The second kappa shape index (κ2) is 10.4. The van der Waals surface area contributed by atoms with Crippen molar-refractivity contribution in [2.45, 2.75) is 13.3 Å². The number of nitrogens with two attached hydrogens (primary N) is 1. The molecule has 2 aromatic rings. The van der Waals surface area contributed by atoms with E-state index >= 15 is 0 Å². The molecule has 29 heavy (non-hydrogen) atoms. The van der Waals surface area contributed by atoms with Crippen molar-refractivity contribution in [2.24, 2.45) is 5.73 Å². The fourth-order valence-corrected chi connectivity index (χ4v) is 4.37. The van der Waals surface area contributed by atoms with Gasteiger partial charge in [0, 0.05) is 48.2 Å². The zero-order valence-corrected chi connectivity index (χ0v) is 18.3. The summed E-state index contributed by atoms with van der Waals surface area (Å²) < 4.78 is 5.54. The number of ether oxygens (including phenoxy) is 1. The summed E-state index contributed by atoms with van der Waals surface area (Å²) in [4.78, 5) is 7.02. The molecule has 0 unspecified atom stereocenters. The molecule has 0 aliphatic carbocycles. The average molecular weight is 410 g/mol. The highest BCUT2D eigenvalue weighted by Crippen LogP contribution is 2.33. The van der Waals surface area contributed by atoms with Gasteiger partial charge in [0.05, 0.1) is 12.8 Å². The SMILES string of the molecule is C=C(S/C(C)=C(\N)CN1CCCN(c2ccccc2OC)CC1)c1ccccc1. The number of hydrogen-bond acceptors (Lipinski definition) is 5. The van der Waals surface area contributed by atoms with Crippen molar-refractivity contribution < 1.29 is 4.74 Å². The molecule has 2 aromatic carbocycles. The smallest absolute Gasteiger partial charge is 0.142 e. The molecular formula is C24H31N3OS. The Morgan fingerprint density at radius 2 is 1.76 bits per heavy atom. The van der Waals surface area contributed by atoms with Gasteiger partial charge in [-0.2, -0.15) is 0 Å². The van der Waals surface area contributed by atoms with Gasteiger partial charge >= 0.3 is 0 Å². The van der Waals surface area contributed by atoms with Gasteiger partial charge in [-0.25, -0.2) is 0 Å². The third kappa shape index (κ3) is 5.81. The molecule has 0 saturated carbocycles. The predicted octanol–water partition coefficient (Wildman–Crippen LogP) is 4.80. The molecule has 4 nitrogen and oxygen atoms in total. The first-order chi connectivity index (χ1) is 14.1. The third-order valence-electron chi connectivity index (χ3n) is 5.23. The Morgan fingerprint density at radius 1 is 1.03 bits per heavy atom. The summed E-state index contributed by atoms with van der Waals surface area (Å²) in [6.07, 6.45) is 1.11. The average Bonchev–Trinajstić information content (AvgIpc) is 2.99. The van der Waals surface area contributed by atoms with Crippen molar-refractivity contribution in [2.75, 3.05) is 44.7 Å². The van der Waals surface area contributed by atoms with Gasteiger partial charge in [0.25, 0.3) is 0 Å². The standard InChI is InChI=1S/C24H31N3OS/c1-19(21-10-5-4-6-11-21)29-20(2)22(25)18-26-14-9-15-27(17-16-26)23-12-7-8-13-24(23)28-3/h4-8,10-13H,1,9,14-18,25H2,2-3H3/b22-20-. The summed E-state index contributed by atoms with van der Waals surface area (Å²) in [7, 11) is 1.73. The third-order valence-corrected chi connectivity index (χ3v) is 6.28. The molecule has 2 N–H and O–H groups in total. The fourth-order valence-electron chi connectivity index (χ4n) is 3.55. The van der Waals surface area contributed by atoms with Crippen LogP contribution in [0.15, 0.2) is 71.8 Å². The van der Waals surface area contributed by atoms with Gasteiger partial charge in [0.1, 0.15) is 5.75 Å². The number of nitrogens with zero attached hydrogens (tertiary/aromatic N) is 2. The van der Waals surface area contributed by atoms with Crippen LogP contribution in [0.1, 0.15) is 18.9 Å². The van der Waals surface area contributed by atoms with E-state index in [1.807, 2.05) is 30.3 Å². The molecule has 3 rings (SSSR count). The van der Waals surface area contributed by atoms with Crippen molar-refractivity contribution in [1.29, 1.82) is 0 Å². The fraction of sp³-hybridized carbons (Fsp3) is 0.333. The number of rotatable bonds is 7. The second-order valence-electron chi connectivity index (χ2n) is 7.26. The molecule has 5 heteroatoms. The van der Waals surface area contributed by atoms with Gasteiger partial charge in [-0.05, 0) is 31.0 Å². The Hall–Kier alpha value is -2.37. The van der Waals surface area contributed by atoms with Gasteiger partial charge in [-0.1, -0.05) is 60.8 Å². The molecule has 1 aliphatic heterocycles. The highest BCUT2D eigenvalue weighted by Gasteiger charge is 2.18. The minimum Gasteiger partial charge on any atom is -0.495 e. The van der Waals surface area contributed by atoms with E-state index in [9.17, 15) is 0 Å². The number of thioether (sulfide) groups is 1. The monoisotopic (exact) mass is 409 g/mol. The van der Waals surface area contributed by atoms with E-state index in [-0.39, 0.29) is 0 Å². The van der Waals surface area contributed by atoms with Crippen molar-refractivity contribution in [3.8, 4) is 5.75 Å². The zero-order chi connectivity index (χ0) is 20.6. The first kappa shape index (κ1) is 21.3. The largest absolute Gasteiger partial charge is 0.495 e. The topological polar surface area (TPSA) is 41.7 Å². The van der Waals surface area contributed by atoms with E-state index in [1.165, 1.54) is 5.69 Å². The molecule has 0 aromatic heterocycles. The van der Waals surface area contributed by atoms with Crippen LogP contribution in [0.25, 0.3) is 4.91 Å². The molecule has 1 aliphatic rings. The summed E-state index contributed by atoms with van der Waals surface area (Å²) in [5.41, 5.74) is 9.71. The maximum Gasteiger partial charge on any atom is 0.142 e. The number of benzene rings is 2. The highest BCUT2D eigenvalue weighted by atomic mass is 32.2. The first-order valence-electron chi connectivity index (χ1n) is 10.1. The Labute approximate surface area is 179 Å². The van der Waals surface area contributed by atoms with Gasteiger partial charge in [0.2, 0.25) is 0 Å². The van der Waals surface area contributed by atoms with E-state index in [4.69, 9.17) is 10.5 Å². The van der Waals surface area contributed by atoms with Crippen LogP contribution in [0.3, 0.4) is 0 Å². The van der Waals surface area contributed by atoms with Crippen LogP contribution in [0.4, 0.5) is 5.69 Å². The molecule has 154 valence electrons. The van der Waals surface area contributed by atoms with Crippen molar-refractivity contribution in [3.63, 3.8) is 0 Å². The highest BCUT2D eigenvalue weighted by molar-refractivity contribution is 8.11. The summed E-state index contributed by atoms with van der Waals surface area (Å²) in [6.45, 7) is 11.1. The maximum absolute atomic E-state index is 6.46. The maximum atomic E-state index is 6.46. The molecule has 1 fully saturated rings. The molecule has 0 bridgehead atoms. The summed E-state index contributed by atoms with van der Waals surface area (Å²) in [6, 6.07) is 18.5. The molecule has 0 atom stereocenters. The number of anilines is 1. The zero-order valence-electron chi connectivity index (χ0n) is 17.4. The lowest BCUT2D eigenvalue weighted by Gasteiger charge is -2.25. The van der Waals surface area contributed by atoms with E-state index in [2.05, 4.69) is 47.6 Å². The summed E-state index contributed by atoms with van der Waals surface area (Å²) >= 11 is 1.66. The molecule has 0 radical (unpaired) electrons. The lowest BCUT2D eigenvalue weighted by atomic mass is 10.2. The first-order valence-corrected chi connectivity index (χ1v) is 10.9. The second-order valence-corrected chi connectivity index (χ2v) is 8.57. The molecule has 0 amide bonds. The van der Waals surface area contributed by atoms with Crippen LogP contribution in [0, 0.1) is 0 Å². The molecule has 1 heterocycles. The Bertz CT molecular complexity index is 850. The van der Waals surface area contributed by atoms with E-state index < -0.39 is 0 Å². The lowest BCUT2D eigenvalue weighted by Crippen LogP contribution is -2.33. The Kier molecular flexibility index (Phi) is 7.67. The quantitative estimate of drug-likeness (QED) is 0.711. The minimum atomic E-state index is 0.792.